The summed E-state index contributed by atoms with van der Waals surface area (Å²) in [6.07, 6.45) is 83.0. The number of ether oxygens (including phenoxy) is 3. The second-order valence-corrected chi connectivity index (χ2v) is 17.4. The van der Waals surface area contributed by atoms with Gasteiger partial charge in [0.15, 0.2) is 6.10 Å². The lowest BCUT2D eigenvalue weighted by Gasteiger charge is -2.18. The summed E-state index contributed by atoms with van der Waals surface area (Å²) in [7, 11) is 0. The number of carbonyl (C=O) groups is 2. The molecular formula is C63H100O5. The summed E-state index contributed by atoms with van der Waals surface area (Å²) in [6, 6.07) is 0. The van der Waals surface area contributed by atoms with Crippen molar-refractivity contribution >= 4 is 11.9 Å². The van der Waals surface area contributed by atoms with Crippen molar-refractivity contribution in [2.45, 2.75) is 219 Å². The summed E-state index contributed by atoms with van der Waals surface area (Å²) >= 11 is 0. The molecule has 0 bridgehead atoms. The summed E-state index contributed by atoms with van der Waals surface area (Å²) < 4.78 is 17.3. The van der Waals surface area contributed by atoms with Crippen molar-refractivity contribution < 1.29 is 23.8 Å². The average molecular weight is 937 g/mol. The van der Waals surface area contributed by atoms with E-state index in [2.05, 4.69) is 167 Å². The monoisotopic (exact) mass is 937 g/mol. The van der Waals surface area contributed by atoms with E-state index in [4.69, 9.17) is 14.2 Å². The topological polar surface area (TPSA) is 61.8 Å². The van der Waals surface area contributed by atoms with E-state index < -0.39 is 6.10 Å². The summed E-state index contributed by atoms with van der Waals surface area (Å²) in [4.78, 5) is 25.4. The summed E-state index contributed by atoms with van der Waals surface area (Å²) in [5, 5.41) is 0. The smallest absolute Gasteiger partial charge is 0.306 e. The van der Waals surface area contributed by atoms with Gasteiger partial charge in [0.2, 0.25) is 0 Å². The van der Waals surface area contributed by atoms with Crippen molar-refractivity contribution in [3.05, 3.63) is 146 Å². The molecule has 1 atom stereocenters. The molecule has 0 fully saturated rings. The molecule has 0 saturated heterocycles. The van der Waals surface area contributed by atoms with Crippen LogP contribution in [0.2, 0.25) is 0 Å². The first-order valence-corrected chi connectivity index (χ1v) is 27.4. The number of allylic oxidation sites excluding steroid dienone is 24. The number of carbonyl (C=O) groups excluding carboxylic acids is 2. The molecule has 0 saturated carbocycles. The highest BCUT2D eigenvalue weighted by Crippen LogP contribution is 2.12. The molecule has 0 aromatic rings. The molecule has 0 aliphatic heterocycles. The number of hydrogen-bond acceptors (Lipinski definition) is 5. The van der Waals surface area contributed by atoms with Gasteiger partial charge in [-0.3, -0.25) is 9.59 Å². The molecule has 5 nitrogen and oxygen atoms in total. The predicted octanol–water partition coefficient (Wildman–Crippen LogP) is 18.9. The third kappa shape index (κ3) is 54.4. The predicted molar refractivity (Wildman–Crippen MR) is 297 cm³/mol. The fourth-order valence-corrected chi connectivity index (χ4v) is 6.84. The maximum Gasteiger partial charge on any atom is 0.306 e. The normalized spacial score (nSPS) is 13.4. The number of unbranched alkanes of at least 4 members (excludes halogenated alkanes) is 13. The SMILES string of the molecule is CC/C=C\C/C=C\C/C=C\C/C=C\C/C=C\C/C=C\CCCOCC(COC(=O)CCCCCCCC/C=C\C/C=C\C/C=C\CCCCC)OC(=O)CCCCC/C=C\C/C=C\C/C=C\CC. The lowest BCUT2D eigenvalue weighted by Crippen LogP contribution is -2.30. The van der Waals surface area contributed by atoms with E-state index in [1.807, 2.05) is 0 Å². The molecule has 0 N–H and O–H groups in total. The largest absolute Gasteiger partial charge is 0.462 e. The van der Waals surface area contributed by atoms with Crippen molar-refractivity contribution in [1.82, 2.24) is 0 Å². The van der Waals surface area contributed by atoms with Gasteiger partial charge in [-0.05, 0) is 135 Å². The maximum atomic E-state index is 12.8. The van der Waals surface area contributed by atoms with Gasteiger partial charge >= 0.3 is 11.9 Å². The number of hydrogen-bond donors (Lipinski definition) is 0. The molecule has 1 unspecified atom stereocenters. The Kier molecular flexibility index (Phi) is 53.6. The lowest BCUT2D eigenvalue weighted by atomic mass is 10.1. The second kappa shape index (κ2) is 57.1. The van der Waals surface area contributed by atoms with Crippen LogP contribution in [0.3, 0.4) is 0 Å². The van der Waals surface area contributed by atoms with Gasteiger partial charge in [0, 0.05) is 19.4 Å². The highest BCUT2D eigenvalue weighted by molar-refractivity contribution is 5.70. The van der Waals surface area contributed by atoms with Gasteiger partial charge < -0.3 is 14.2 Å². The Morgan fingerprint density at radius 1 is 0.338 bits per heavy atom. The Bertz CT molecular complexity index is 1480. The van der Waals surface area contributed by atoms with E-state index in [9.17, 15) is 9.59 Å². The van der Waals surface area contributed by atoms with E-state index in [-0.39, 0.29) is 25.2 Å². The molecule has 0 aliphatic rings. The van der Waals surface area contributed by atoms with E-state index in [1.165, 1.54) is 44.9 Å². The zero-order chi connectivity index (χ0) is 49.2. The Hall–Kier alpha value is -4.22. The molecule has 0 amide bonds. The van der Waals surface area contributed by atoms with Crippen molar-refractivity contribution in [3.8, 4) is 0 Å². The first-order chi connectivity index (χ1) is 33.6. The first kappa shape index (κ1) is 63.8. The van der Waals surface area contributed by atoms with Gasteiger partial charge in [-0.25, -0.2) is 0 Å². The van der Waals surface area contributed by atoms with E-state index >= 15 is 0 Å². The minimum atomic E-state index is -0.599. The standard InChI is InChI=1S/C63H100O5/c1-4-7-10-13-16-19-22-25-27-29-31-33-35-37-40-43-46-49-52-55-58-66-59-61(68-63(65)57-54-51-48-45-42-38-24-21-18-15-12-9-6-3)60-67-62(64)56-53-50-47-44-41-39-36-34-32-30-28-26-23-20-17-14-11-8-5-2/h7,9-10,12,16-21,25-28,31-34,37-38,40,42,46,49,61H,4-6,8,11,13-15,22-24,29-30,35-36,39,41,43-45,47-48,50-60H2,1-3H3/b10-7-,12-9-,19-16-,20-17-,21-18-,27-25-,28-26-,33-31-,34-32-,40-37-,42-38-,49-46-. The summed E-state index contributed by atoms with van der Waals surface area (Å²) in [5.41, 5.74) is 0. The second-order valence-electron chi connectivity index (χ2n) is 17.4. The summed E-state index contributed by atoms with van der Waals surface area (Å²) in [6.45, 7) is 7.36. The van der Waals surface area contributed by atoms with Crippen molar-refractivity contribution in [2.24, 2.45) is 0 Å². The number of esters is 2. The van der Waals surface area contributed by atoms with Crippen LogP contribution in [0, 0.1) is 0 Å². The number of rotatable bonds is 48. The Labute approximate surface area is 419 Å². The van der Waals surface area contributed by atoms with Crippen LogP contribution in [-0.2, 0) is 23.8 Å². The van der Waals surface area contributed by atoms with Crippen LogP contribution >= 0.6 is 0 Å². The van der Waals surface area contributed by atoms with Gasteiger partial charge in [0.25, 0.3) is 0 Å². The fourth-order valence-electron chi connectivity index (χ4n) is 6.84. The van der Waals surface area contributed by atoms with Crippen molar-refractivity contribution in [2.75, 3.05) is 19.8 Å². The molecule has 0 aliphatic carbocycles. The minimum absolute atomic E-state index is 0.0331. The van der Waals surface area contributed by atoms with Gasteiger partial charge in [0.1, 0.15) is 6.61 Å². The Morgan fingerprint density at radius 3 is 1.07 bits per heavy atom. The maximum absolute atomic E-state index is 12.8. The molecule has 68 heavy (non-hydrogen) atoms. The third-order valence-electron chi connectivity index (χ3n) is 10.8. The summed E-state index contributed by atoms with van der Waals surface area (Å²) in [5.74, 6) is -0.489. The third-order valence-corrected chi connectivity index (χ3v) is 10.8. The molecule has 0 radical (unpaired) electrons. The molecule has 0 heterocycles. The zero-order valence-electron chi connectivity index (χ0n) is 43.8. The molecular weight excluding hydrogens is 837 g/mol. The molecule has 0 aromatic carbocycles. The van der Waals surface area contributed by atoms with Crippen LogP contribution in [0.15, 0.2) is 146 Å². The lowest BCUT2D eigenvalue weighted by molar-refractivity contribution is -0.163. The quantitative estimate of drug-likeness (QED) is 0.0346. The van der Waals surface area contributed by atoms with Crippen LogP contribution < -0.4 is 0 Å². The van der Waals surface area contributed by atoms with Crippen LogP contribution in [0.25, 0.3) is 0 Å². The highest BCUT2D eigenvalue weighted by atomic mass is 16.6. The van der Waals surface area contributed by atoms with Gasteiger partial charge in [-0.1, -0.05) is 212 Å². The zero-order valence-corrected chi connectivity index (χ0v) is 43.8. The average Bonchev–Trinajstić information content (AvgIpc) is 3.34. The fraction of sp³-hybridized carbons (Fsp3) is 0.587. The minimum Gasteiger partial charge on any atom is -0.462 e. The first-order valence-electron chi connectivity index (χ1n) is 27.4. The van der Waals surface area contributed by atoms with Crippen LogP contribution in [0.5, 0.6) is 0 Å². The highest BCUT2D eigenvalue weighted by Gasteiger charge is 2.17. The molecule has 0 spiro atoms. The van der Waals surface area contributed by atoms with Crippen LogP contribution in [0.4, 0.5) is 0 Å². The Balaban J connectivity index is 4.45. The van der Waals surface area contributed by atoms with E-state index in [0.29, 0.717) is 19.4 Å². The van der Waals surface area contributed by atoms with Crippen molar-refractivity contribution in [1.29, 1.82) is 0 Å². The molecule has 0 aromatic heterocycles. The van der Waals surface area contributed by atoms with Gasteiger partial charge in [-0.15, -0.1) is 0 Å². The van der Waals surface area contributed by atoms with E-state index in [1.54, 1.807) is 0 Å². The molecule has 5 heteroatoms. The molecule has 0 rings (SSSR count). The van der Waals surface area contributed by atoms with Gasteiger partial charge in [-0.2, -0.15) is 0 Å². The molecule has 382 valence electrons. The Morgan fingerprint density at radius 2 is 0.662 bits per heavy atom. The van der Waals surface area contributed by atoms with E-state index in [0.717, 1.165) is 135 Å². The van der Waals surface area contributed by atoms with Crippen LogP contribution in [-0.4, -0.2) is 37.9 Å². The van der Waals surface area contributed by atoms with Crippen LogP contribution in [0.1, 0.15) is 213 Å². The van der Waals surface area contributed by atoms with Crippen molar-refractivity contribution in [3.63, 3.8) is 0 Å². The van der Waals surface area contributed by atoms with Gasteiger partial charge in [0.05, 0.1) is 6.61 Å².